The number of nitrogens with zero attached hydrogens (tertiary/aromatic N) is 2. The number of rotatable bonds is 4. The summed E-state index contributed by atoms with van der Waals surface area (Å²) < 4.78 is 0. The van der Waals surface area contributed by atoms with Crippen LogP contribution in [0.2, 0.25) is 0 Å². The molecule has 3 heteroatoms. The predicted molar refractivity (Wildman–Crippen MR) is 77.3 cm³/mol. The monoisotopic (exact) mass is 264 g/mol. The predicted octanol–water partition coefficient (Wildman–Crippen LogP) is 3.86. The molecule has 0 atom stereocenters. The summed E-state index contributed by atoms with van der Waals surface area (Å²) in [5.41, 5.74) is 3.69. The lowest BCUT2D eigenvalue weighted by molar-refractivity contribution is 1.33. The molecular formula is C16H12N2S. The SMILES string of the molecule is N#Cc1ccc(CSCc2ccccc2C#N)cc1. The molecule has 2 rings (SSSR count). The Morgan fingerprint density at radius 2 is 1.58 bits per heavy atom. The van der Waals surface area contributed by atoms with Gasteiger partial charge in [0.25, 0.3) is 0 Å². The van der Waals surface area contributed by atoms with E-state index < -0.39 is 0 Å². The third kappa shape index (κ3) is 3.61. The first kappa shape index (κ1) is 13.2. The molecule has 0 radical (unpaired) electrons. The van der Waals surface area contributed by atoms with Crippen LogP contribution in [0.1, 0.15) is 22.3 Å². The Bertz CT molecular complexity index is 633. The van der Waals surface area contributed by atoms with Crippen LogP contribution < -0.4 is 0 Å². The summed E-state index contributed by atoms with van der Waals surface area (Å²) in [4.78, 5) is 0. The molecule has 0 aliphatic rings. The van der Waals surface area contributed by atoms with Gasteiger partial charge in [0.15, 0.2) is 0 Å². The van der Waals surface area contributed by atoms with E-state index >= 15 is 0 Å². The second kappa shape index (κ2) is 6.64. The van der Waals surface area contributed by atoms with Crippen molar-refractivity contribution in [2.45, 2.75) is 11.5 Å². The molecule has 0 saturated heterocycles. The van der Waals surface area contributed by atoms with Gasteiger partial charge in [-0.3, -0.25) is 0 Å². The van der Waals surface area contributed by atoms with Crippen LogP contribution in [0, 0.1) is 22.7 Å². The van der Waals surface area contributed by atoms with Crippen LogP contribution in [0.4, 0.5) is 0 Å². The van der Waals surface area contributed by atoms with Crippen molar-refractivity contribution in [1.29, 1.82) is 10.5 Å². The molecule has 2 aromatic carbocycles. The van der Waals surface area contributed by atoms with Crippen molar-refractivity contribution in [1.82, 2.24) is 0 Å². The van der Waals surface area contributed by atoms with Crippen LogP contribution in [-0.2, 0) is 11.5 Å². The number of benzene rings is 2. The van der Waals surface area contributed by atoms with E-state index in [-0.39, 0.29) is 0 Å². The topological polar surface area (TPSA) is 47.6 Å². The molecule has 2 aromatic rings. The van der Waals surface area contributed by atoms with Gasteiger partial charge < -0.3 is 0 Å². The van der Waals surface area contributed by atoms with Gasteiger partial charge >= 0.3 is 0 Å². The highest BCUT2D eigenvalue weighted by molar-refractivity contribution is 7.97. The highest BCUT2D eigenvalue weighted by atomic mass is 32.2. The Hall–Kier alpha value is -2.23. The van der Waals surface area contributed by atoms with Crippen molar-refractivity contribution in [2.24, 2.45) is 0 Å². The molecule has 0 N–H and O–H groups in total. The molecule has 0 unspecified atom stereocenters. The number of nitriles is 2. The number of thioether (sulfide) groups is 1. The van der Waals surface area contributed by atoms with Gasteiger partial charge in [0.1, 0.15) is 0 Å². The standard InChI is InChI=1S/C16H12N2S/c17-9-13-5-7-14(8-6-13)11-19-12-16-4-2-1-3-15(16)10-18/h1-8H,11-12H2. The summed E-state index contributed by atoms with van der Waals surface area (Å²) in [6, 6.07) is 19.6. The van der Waals surface area contributed by atoms with E-state index in [1.165, 1.54) is 5.56 Å². The van der Waals surface area contributed by atoms with Gasteiger partial charge in [-0.1, -0.05) is 30.3 Å². The summed E-state index contributed by atoms with van der Waals surface area (Å²) in [5.74, 6) is 1.70. The first-order valence-corrected chi connectivity index (χ1v) is 7.04. The second-order valence-corrected chi connectivity index (χ2v) is 5.06. The normalized spacial score (nSPS) is 9.58. The van der Waals surface area contributed by atoms with Crippen LogP contribution in [0.3, 0.4) is 0 Å². The van der Waals surface area contributed by atoms with Gasteiger partial charge in [0.2, 0.25) is 0 Å². The van der Waals surface area contributed by atoms with E-state index in [9.17, 15) is 0 Å². The van der Waals surface area contributed by atoms with Gasteiger partial charge in [-0.05, 0) is 29.3 Å². The van der Waals surface area contributed by atoms with Gasteiger partial charge in [-0.2, -0.15) is 22.3 Å². The fourth-order valence-electron chi connectivity index (χ4n) is 1.71. The van der Waals surface area contributed by atoms with Gasteiger partial charge in [0, 0.05) is 11.5 Å². The molecule has 0 saturated carbocycles. The minimum absolute atomic E-state index is 0.684. The van der Waals surface area contributed by atoms with Crippen LogP contribution in [0.5, 0.6) is 0 Å². The maximum Gasteiger partial charge on any atom is 0.0994 e. The van der Waals surface area contributed by atoms with Crippen LogP contribution >= 0.6 is 11.8 Å². The Labute approximate surface area is 117 Å². The van der Waals surface area contributed by atoms with E-state index in [2.05, 4.69) is 12.1 Å². The zero-order valence-corrected chi connectivity index (χ0v) is 11.2. The highest BCUT2D eigenvalue weighted by Gasteiger charge is 2.01. The average Bonchev–Trinajstić information content (AvgIpc) is 2.48. The molecule has 0 fully saturated rings. The highest BCUT2D eigenvalue weighted by Crippen LogP contribution is 2.20. The Kier molecular flexibility index (Phi) is 4.61. The summed E-state index contributed by atoms with van der Waals surface area (Å²) in [5, 5.41) is 17.7. The molecular weight excluding hydrogens is 252 g/mol. The van der Waals surface area contributed by atoms with E-state index in [1.807, 2.05) is 48.5 Å². The molecule has 2 nitrogen and oxygen atoms in total. The number of hydrogen-bond acceptors (Lipinski definition) is 3. The Balaban J connectivity index is 1.93. The average molecular weight is 264 g/mol. The fraction of sp³-hybridized carbons (Fsp3) is 0.125. The first-order valence-electron chi connectivity index (χ1n) is 5.88. The zero-order chi connectivity index (χ0) is 13.5. The van der Waals surface area contributed by atoms with Crippen molar-refractivity contribution in [3.05, 3.63) is 70.8 Å². The number of hydrogen-bond donors (Lipinski definition) is 0. The molecule has 92 valence electrons. The van der Waals surface area contributed by atoms with Crippen molar-refractivity contribution in [3.8, 4) is 12.1 Å². The summed E-state index contributed by atoms with van der Waals surface area (Å²) in [7, 11) is 0. The van der Waals surface area contributed by atoms with E-state index in [0.717, 1.165) is 22.6 Å². The van der Waals surface area contributed by atoms with Gasteiger partial charge in [-0.25, -0.2) is 0 Å². The van der Waals surface area contributed by atoms with E-state index in [0.29, 0.717) is 5.56 Å². The van der Waals surface area contributed by atoms with Crippen molar-refractivity contribution in [2.75, 3.05) is 0 Å². The molecule has 0 aliphatic heterocycles. The van der Waals surface area contributed by atoms with E-state index in [4.69, 9.17) is 10.5 Å². The van der Waals surface area contributed by atoms with Crippen LogP contribution in [0.15, 0.2) is 48.5 Å². The van der Waals surface area contributed by atoms with Crippen LogP contribution in [0.25, 0.3) is 0 Å². The molecule has 0 heterocycles. The van der Waals surface area contributed by atoms with Crippen molar-refractivity contribution >= 4 is 11.8 Å². The molecule has 0 amide bonds. The minimum Gasteiger partial charge on any atom is -0.192 e. The third-order valence-electron chi connectivity index (χ3n) is 2.75. The van der Waals surface area contributed by atoms with Crippen molar-refractivity contribution in [3.63, 3.8) is 0 Å². The zero-order valence-electron chi connectivity index (χ0n) is 10.3. The van der Waals surface area contributed by atoms with Crippen LogP contribution in [-0.4, -0.2) is 0 Å². The lowest BCUT2D eigenvalue weighted by atomic mass is 10.1. The Morgan fingerprint density at radius 1 is 0.842 bits per heavy atom. The minimum atomic E-state index is 0.684. The lowest BCUT2D eigenvalue weighted by Crippen LogP contribution is -1.88. The van der Waals surface area contributed by atoms with Gasteiger partial charge in [-0.15, -0.1) is 0 Å². The quantitative estimate of drug-likeness (QED) is 0.842. The van der Waals surface area contributed by atoms with Gasteiger partial charge in [0.05, 0.1) is 23.3 Å². The third-order valence-corrected chi connectivity index (χ3v) is 3.80. The summed E-state index contributed by atoms with van der Waals surface area (Å²) >= 11 is 1.77. The molecule has 19 heavy (non-hydrogen) atoms. The first-order chi connectivity index (χ1) is 9.33. The smallest absolute Gasteiger partial charge is 0.0994 e. The largest absolute Gasteiger partial charge is 0.192 e. The maximum absolute atomic E-state index is 9.00. The fourth-order valence-corrected chi connectivity index (χ4v) is 2.71. The molecule has 0 aromatic heterocycles. The maximum atomic E-state index is 9.00. The molecule has 0 bridgehead atoms. The molecule has 0 aliphatic carbocycles. The summed E-state index contributed by atoms with van der Waals surface area (Å²) in [6.45, 7) is 0. The second-order valence-electron chi connectivity index (χ2n) is 4.07. The van der Waals surface area contributed by atoms with E-state index in [1.54, 1.807) is 11.8 Å². The lowest BCUT2D eigenvalue weighted by Gasteiger charge is -2.04. The molecule has 0 spiro atoms. The summed E-state index contributed by atoms with van der Waals surface area (Å²) in [6.07, 6.45) is 0. The Morgan fingerprint density at radius 3 is 2.26 bits per heavy atom. The van der Waals surface area contributed by atoms with Crippen molar-refractivity contribution < 1.29 is 0 Å².